The van der Waals surface area contributed by atoms with Crippen molar-refractivity contribution in [3.63, 3.8) is 0 Å². The number of rotatable bonds is 9. The summed E-state index contributed by atoms with van der Waals surface area (Å²) >= 11 is 0. The second-order valence-corrected chi connectivity index (χ2v) is 9.19. The van der Waals surface area contributed by atoms with Gasteiger partial charge in [0.1, 0.15) is 11.3 Å². The van der Waals surface area contributed by atoms with Gasteiger partial charge < -0.3 is 14.1 Å². The molecule has 0 fully saturated rings. The molecule has 2 aromatic heterocycles. The zero-order valence-corrected chi connectivity index (χ0v) is 21.5. The van der Waals surface area contributed by atoms with Crippen LogP contribution < -0.4 is 10.4 Å². The number of hydrogen-bond acceptors (Lipinski definition) is 6. The lowest BCUT2D eigenvalue weighted by atomic mass is 10.0. The summed E-state index contributed by atoms with van der Waals surface area (Å²) in [6.45, 7) is 9.00. The van der Waals surface area contributed by atoms with E-state index in [0.717, 1.165) is 52.6 Å². The van der Waals surface area contributed by atoms with Crippen molar-refractivity contribution in [2.75, 3.05) is 19.6 Å². The van der Waals surface area contributed by atoms with Crippen molar-refractivity contribution >= 4 is 21.7 Å². The molecule has 5 rings (SSSR count). The van der Waals surface area contributed by atoms with Gasteiger partial charge in [0, 0.05) is 40.8 Å². The Kier molecular flexibility index (Phi) is 7.28. The Morgan fingerprint density at radius 1 is 0.865 bits per heavy atom. The first-order valence-corrected chi connectivity index (χ1v) is 12.8. The molecular formula is C31H31N3O3. The van der Waals surface area contributed by atoms with E-state index in [2.05, 4.69) is 41.1 Å². The number of ether oxygens (including phenoxy) is 1. The third-order valence-electron chi connectivity index (χ3n) is 6.99. The van der Waals surface area contributed by atoms with Gasteiger partial charge in [-0.05, 0) is 55.8 Å². The summed E-state index contributed by atoms with van der Waals surface area (Å²) in [5.41, 5.74) is 3.98. The minimum atomic E-state index is -0.287. The highest BCUT2D eigenvalue weighted by molar-refractivity contribution is 5.89. The summed E-state index contributed by atoms with van der Waals surface area (Å²) in [6, 6.07) is 23.8. The minimum absolute atomic E-state index is 0.287. The van der Waals surface area contributed by atoms with Gasteiger partial charge >= 0.3 is 5.63 Å². The van der Waals surface area contributed by atoms with Crippen LogP contribution in [0.4, 0.5) is 0 Å². The maximum Gasteiger partial charge on any atom is 0.339 e. The molecule has 188 valence electrons. The van der Waals surface area contributed by atoms with E-state index in [1.54, 1.807) is 6.07 Å². The van der Waals surface area contributed by atoms with E-state index in [4.69, 9.17) is 9.15 Å². The van der Waals surface area contributed by atoms with Crippen LogP contribution in [0.2, 0.25) is 0 Å². The lowest BCUT2D eigenvalue weighted by Gasteiger charge is -2.18. The Morgan fingerprint density at radius 2 is 1.59 bits per heavy atom. The van der Waals surface area contributed by atoms with Crippen molar-refractivity contribution in [2.24, 2.45) is 0 Å². The van der Waals surface area contributed by atoms with Crippen molar-refractivity contribution in [3.8, 4) is 11.6 Å². The average molecular weight is 494 g/mol. The molecule has 37 heavy (non-hydrogen) atoms. The second-order valence-electron chi connectivity index (χ2n) is 9.19. The smallest absolute Gasteiger partial charge is 0.339 e. The van der Waals surface area contributed by atoms with E-state index in [9.17, 15) is 4.79 Å². The van der Waals surface area contributed by atoms with Gasteiger partial charge in [-0.25, -0.2) is 4.79 Å². The molecule has 0 unspecified atom stereocenters. The first-order chi connectivity index (χ1) is 18.1. The lowest BCUT2D eigenvalue weighted by molar-refractivity contribution is 0.306. The maximum absolute atomic E-state index is 12.8. The average Bonchev–Trinajstić information content (AvgIpc) is 2.92. The van der Waals surface area contributed by atoms with Crippen molar-refractivity contribution < 1.29 is 9.15 Å². The molecule has 0 spiro atoms. The van der Waals surface area contributed by atoms with Crippen molar-refractivity contribution in [2.45, 2.75) is 33.6 Å². The monoisotopic (exact) mass is 493 g/mol. The molecule has 0 aliphatic carbocycles. The molecular weight excluding hydrogens is 462 g/mol. The fraction of sp³-hybridized carbons (Fsp3) is 0.258. The van der Waals surface area contributed by atoms with Crippen LogP contribution in [0.25, 0.3) is 21.7 Å². The van der Waals surface area contributed by atoms with E-state index in [1.165, 1.54) is 5.56 Å². The van der Waals surface area contributed by atoms with E-state index in [-0.39, 0.29) is 5.63 Å². The van der Waals surface area contributed by atoms with Crippen LogP contribution in [0.1, 0.15) is 36.2 Å². The van der Waals surface area contributed by atoms with E-state index in [0.29, 0.717) is 30.1 Å². The van der Waals surface area contributed by atoms with Gasteiger partial charge in [-0.1, -0.05) is 62.4 Å². The predicted molar refractivity (Wildman–Crippen MR) is 148 cm³/mol. The van der Waals surface area contributed by atoms with Gasteiger partial charge in [-0.2, -0.15) is 5.10 Å². The first-order valence-electron chi connectivity index (χ1n) is 12.8. The molecule has 0 N–H and O–H groups in total. The zero-order valence-electron chi connectivity index (χ0n) is 21.5. The van der Waals surface area contributed by atoms with Crippen molar-refractivity contribution in [3.05, 3.63) is 106 Å². The highest BCUT2D eigenvalue weighted by Crippen LogP contribution is 2.32. The molecule has 0 bridgehead atoms. The summed E-state index contributed by atoms with van der Waals surface area (Å²) in [7, 11) is 0. The van der Waals surface area contributed by atoms with Crippen LogP contribution in [0.15, 0.2) is 82.0 Å². The van der Waals surface area contributed by atoms with Crippen LogP contribution in [0.5, 0.6) is 11.6 Å². The Morgan fingerprint density at radius 3 is 2.35 bits per heavy atom. The molecule has 0 radical (unpaired) electrons. The molecule has 5 aromatic rings. The van der Waals surface area contributed by atoms with Crippen molar-refractivity contribution in [1.82, 2.24) is 15.1 Å². The summed E-state index contributed by atoms with van der Waals surface area (Å²) in [5.74, 6) is 0.961. The molecule has 0 amide bonds. The number of nitrogens with zero attached hydrogens (tertiary/aromatic N) is 3. The van der Waals surface area contributed by atoms with Gasteiger partial charge in [0.15, 0.2) is 0 Å². The molecule has 0 saturated carbocycles. The fourth-order valence-corrected chi connectivity index (χ4v) is 4.78. The van der Waals surface area contributed by atoms with Gasteiger partial charge in [-0.3, -0.25) is 0 Å². The maximum atomic E-state index is 12.8. The summed E-state index contributed by atoms with van der Waals surface area (Å²) < 4.78 is 11.9. The number of likely N-dealkylation sites (N-methyl/N-ethyl adjacent to an activating group) is 1. The molecule has 0 atom stereocenters. The van der Waals surface area contributed by atoms with Crippen LogP contribution >= 0.6 is 0 Å². The van der Waals surface area contributed by atoms with E-state index >= 15 is 0 Å². The quantitative estimate of drug-likeness (QED) is 0.224. The Bertz CT molecular complexity index is 1590. The summed E-state index contributed by atoms with van der Waals surface area (Å²) in [5, 5.41) is 11.7. The summed E-state index contributed by atoms with van der Waals surface area (Å²) in [4.78, 5) is 15.1. The van der Waals surface area contributed by atoms with Gasteiger partial charge in [0.2, 0.25) is 5.88 Å². The van der Waals surface area contributed by atoms with E-state index in [1.807, 2.05) is 61.5 Å². The van der Waals surface area contributed by atoms with E-state index < -0.39 is 0 Å². The fourth-order valence-electron chi connectivity index (χ4n) is 4.78. The zero-order chi connectivity index (χ0) is 25.8. The predicted octanol–water partition coefficient (Wildman–Crippen LogP) is 6.31. The van der Waals surface area contributed by atoms with Crippen LogP contribution in [0, 0.1) is 6.92 Å². The Hall–Kier alpha value is -4.03. The largest absolute Gasteiger partial charge is 0.437 e. The number of fused-ring (bicyclic) bond motifs is 2. The molecule has 0 aliphatic heterocycles. The van der Waals surface area contributed by atoms with Crippen molar-refractivity contribution in [1.29, 1.82) is 0 Å². The molecule has 6 heteroatoms. The first kappa shape index (κ1) is 24.7. The number of aromatic nitrogens is 2. The summed E-state index contributed by atoms with van der Waals surface area (Å²) in [6.07, 6.45) is 1.35. The van der Waals surface area contributed by atoms with Gasteiger partial charge in [0.25, 0.3) is 0 Å². The van der Waals surface area contributed by atoms with Gasteiger partial charge in [0.05, 0.1) is 5.69 Å². The molecule has 6 nitrogen and oxygen atoms in total. The molecule has 2 heterocycles. The molecule has 3 aromatic carbocycles. The Balaban J connectivity index is 1.45. The molecule has 0 saturated heterocycles. The van der Waals surface area contributed by atoms with Gasteiger partial charge in [-0.15, -0.1) is 5.10 Å². The number of hydrogen-bond donors (Lipinski definition) is 0. The number of aryl methyl sites for hydroxylation is 1. The number of benzene rings is 3. The third kappa shape index (κ3) is 5.25. The highest BCUT2D eigenvalue weighted by Gasteiger charge is 2.15. The minimum Gasteiger partial charge on any atom is -0.437 e. The second kappa shape index (κ2) is 10.9. The van der Waals surface area contributed by atoms with Crippen LogP contribution in [-0.4, -0.2) is 34.7 Å². The van der Waals surface area contributed by atoms with Crippen LogP contribution in [0.3, 0.4) is 0 Å². The standard InChI is InChI=1S/C31H31N3O3/c1-4-34(5-2)18-17-25-21(3)24-16-15-23(20-29(24)37-31(25)35)36-30-27-14-10-9-13-26(27)28(32-33-30)19-22-11-7-6-8-12-22/h6-16,20H,4-5,17-19H2,1-3H3. The molecule has 0 aliphatic rings. The Labute approximate surface area is 216 Å². The topological polar surface area (TPSA) is 68.5 Å². The third-order valence-corrected chi connectivity index (χ3v) is 6.99. The lowest BCUT2D eigenvalue weighted by Crippen LogP contribution is -2.27. The normalized spacial score (nSPS) is 11.5. The van der Waals surface area contributed by atoms with Crippen LogP contribution in [-0.2, 0) is 12.8 Å². The SMILES string of the molecule is CCN(CC)CCc1c(C)c2ccc(Oc3nnc(Cc4ccccc4)c4ccccc34)cc2oc1=O. The highest BCUT2D eigenvalue weighted by atomic mass is 16.5.